The number of nitrogens with zero attached hydrogens (tertiary/aromatic N) is 2. The zero-order valence-corrected chi connectivity index (χ0v) is 17.3. The molecule has 26 heavy (non-hydrogen) atoms. The molecule has 0 aliphatic heterocycles. The highest BCUT2D eigenvalue weighted by atomic mass is 32.2. The van der Waals surface area contributed by atoms with Gasteiger partial charge in [0.15, 0.2) is 5.69 Å². The highest BCUT2D eigenvalue weighted by molar-refractivity contribution is 7.89. The van der Waals surface area contributed by atoms with E-state index in [9.17, 15) is 13.2 Å². The Bertz CT molecular complexity index is 881. The molecule has 0 saturated heterocycles. The first kappa shape index (κ1) is 20.5. The molecule has 8 heteroatoms. The predicted molar refractivity (Wildman–Crippen MR) is 102 cm³/mol. The first-order chi connectivity index (χ1) is 12.2. The number of aryl methyl sites for hydroxylation is 3. The van der Waals surface area contributed by atoms with Gasteiger partial charge in [-0.15, -0.1) is 11.3 Å². The number of hydrogen-bond donors (Lipinski definition) is 0. The monoisotopic (exact) mass is 396 g/mol. The predicted octanol–water partition coefficient (Wildman–Crippen LogP) is 3.46. The van der Waals surface area contributed by atoms with E-state index in [0.717, 1.165) is 16.7 Å². The van der Waals surface area contributed by atoms with Gasteiger partial charge >= 0.3 is 5.97 Å². The quantitative estimate of drug-likeness (QED) is 0.670. The second kappa shape index (κ2) is 8.28. The smallest absolute Gasteiger partial charge is 0.357 e. The van der Waals surface area contributed by atoms with Gasteiger partial charge in [-0.3, -0.25) is 0 Å². The number of ether oxygens (including phenoxy) is 1. The molecular formula is C18H24N2O4S2. The fourth-order valence-corrected chi connectivity index (χ4v) is 5.73. The zero-order chi connectivity index (χ0) is 19.5. The van der Waals surface area contributed by atoms with Crippen LogP contribution in [0.15, 0.2) is 22.4 Å². The molecule has 0 spiro atoms. The summed E-state index contributed by atoms with van der Waals surface area (Å²) >= 11 is 1.25. The summed E-state index contributed by atoms with van der Waals surface area (Å²) in [5.74, 6) is -0.525. The molecule has 0 unspecified atom stereocenters. The van der Waals surface area contributed by atoms with Gasteiger partial charge in [0.2, 0.25) is 10.0 Å². The standard InChI is InChI=1S/C18H24N2O4S2/c1-6-7-20(10-16-19-15(11-25-16)18(21)24-5)26(22,23)17-13(3)8-12(2)9-14(17)4/h8-9,11H,6-7,10H2,1-5H3. The Kier molecular flexibility index (Phi) is 6.54. The molecule has 1 aromatic carbocycles. The van der Waals surface area contributed by atoms with Gasteiger partial charge in [0.25, 0.3) is 0 Å². The third-order valence-electron chi connectivity index (χ3n) is 3.93. The maximum absolute atomic E-state index is 13.3. The van der Waals surface area contributed by atoms with Gasteiger partial charge in [0, 0.05) is 11.9 Å². The molecule has 0 fully saturated rings. The molecule has 2 aromatic rings. The molecule has 0 radical (unpaired) electrons. The number of aromatic nitrogens is 1. The van der Waals surface area contributed by atoms with Crippen molar-refractivity contribution in [2.24, 2.45) is 0 Å². The Morgan fingerprint density at radius 1 is 1.23 bits per heavy atom. The minimum Gasteiger partial charge on any atom is -0.464 e. The van der Waals surface area contributed by atoms with Crippen molar-refractivity contribution >= 4 is 27.3 Å². The van der Waals surface area contributed by atoms with Crippen molar-refractivity contribution in [1.82, 2.24) is 9.29 Å². The van der Waals surface area contributed by atoms with Crippen LogP contribution in [0.4, 0.5) is 0 Å². The van der Waals surface area contributed by atoms with Crippen LogP contribution in [0.2, 0.25) is 0 Å². The molecule has 0 aliphatic carbocycles. The van der Waals surface area contributed by atoms with Crippen LogP contribution in [0.1, 0.15) is 45.5 Å². The lowest BCUT2D eigenvalue weighted by Gasteiger charge is -2.23. The van der Waals surface area contributed by atoms with E-state index in [1.165, 1.54) is 22.8 Å². The number of thiazole rings is 1. The molecule has 0 atom stereocenters. The highest BCUT2D eigenvalue weighted by Gasteiger charge is 2.28. The number of carbonyl (C=O) groups excluding carboxylic acids is 1. The summed E-state index contributed by atoms with van der Waals surface area (Å²) in [7, 11) is -2.38. The van der Waals surface area contributed by atoms with Crippen molar-refractivity contribution < 1.29 is 17.9 Å². The fourth-order valence-electron chi connectivity index (χ4n) is 2.97. The van der Waals surface area contributed by atoms with E-state index in [1.807, 2.05) is 39.8 Å². The number of methoxy groups -OCH3 is 1. The van der Waals surface area contributed by atoms with Crippen LogP contribution in [-0.4, -0.2) is 37.3 Å². The Balaban J connectivity index is 2.40. The Labute approximate surface area is 158 Å². The van der Waals surface area contributed by atoms with Crippen molar-refractivity contribution in [1.29, 1.82) is 0 Å². The highest BCUT2D eigenvalue weighted by Crippen LogP contribution is 2.27. The van der Waals surface area contributed by atoms with Crippen molar-refractivity contribution in [2.75, 3.05) is 13.7 Å². The van der Waals surface area contributed by atoms with E-state index in [-0.39, 0.29) is 12.2 Å². The van der Waals surface area contributed by atoms with E-state index in [4.69, 9.17) is 0 Å². The molecule has 0 bridgehead atoms. The van der Waals surface area contributed by atoms with Crippen LogP contribution < -0.4 is 0 Å². The van der Waals surface area contributed by atoms with E-state index in [2.05, 4.69) is 9.72 Å². The van der Waals surface area contributed by atoms with Gasteiger partial charge in [-0.1, -0.05) is 24.6 Å². The van der Waals surface area contributed by atoms with Crippen molar-refractivity contribution in [3.63, 3.8) is 0 Å². The molecule has 0 amide bonds. The van der Waals surface area contributed by atoms with Crippen molar-refractivity contribution in [3.05, 3.63) is 44.9 Å². The Hall–Kier alpha value is -1.77. The fraction of sp³-hybridized carbons (Fsp3) is 0.444. The average molecular weight is 397 g/mol. The molecule has 0 saturated carbocycles. The van der Waals surface area contributed by atoms with Crippen LogP contribution >= 0.6 is 11.3 Å². The largest absolute Gasteiger partial charge is 0.464 e. The first-order valence-electron chi connectivity index (χ1n) is 8.31. The van der Waals surface area contributed by atoms with E-state index < -0.39 is 16.0 Å². The normalized spacial score (nSPS) is 11.8. The van der Waals surface area contributed by atoms with Gasteiger partial charge < -0.3 is 4.74 Å². The van der Waals surface area contributed by atoms with Gasteiger partial charge in [0.05, 0.1) is 18.6 Å². The molecule has 1 aromatic heterocycles. The van der Waals surface area contributed by atoms with Gasteiger partial charge in [-0.05, 0) is 38.3 Å². The molecular weight excluding hydrogens is 372 g/mol. The number of carbonyl (C=O) groups is 1. The maximum Gasteiger partial charge on any atom is 0.357 e. The maximum atomic E-state index is 13.3. The summed E-state index contributed by atoms with van der Waals surface area (Å²) in [6, 6.07) is 3.76. The van der Waals surface area contributed by atoms with Gasteiger partial charge in [-0.25, -0.2) is 18.2 Å². The van der Waals surface area contributed by atoms with Crippen LogP contribution in [0, 0.1) is 20.8 Å². The second-order valence-electron chi connectivity index (χ2n) is 6.18. The molecule has 142 valence electrons. The number of benzene rings is 1. The van der Waals surface area contributed by atoms with Crippen LogP contribution in [-0.2, 0) is 21.3 Å². The molecule has 1 heterocycles. The number of esters is 1. The van der Waals surface area contributed by atoms with Crippen LogP contribution in [0.25, 0.3) is 0 Å². The Morgan fingerprint density at radius 2 is 1.85 bits per heavy atom. The van der Waals surface area contributed by atoms with Crippen molar-refractivity contribution in [2.45, 2.75) is 45.6 Å². The molecule has 2 rings (SSSR count). The minimum atomic E-state index is -3.67. The lowest BCUT2D eigenvalue weighted by atomic mass is 10.1. The summed E-state index contributed by atoms with van der Waals surface area (Å²) in [5.41, 5.74) is 2.70. The summed E-state index contributed by atoms with van der Waals surface area (Å²) < 4.78 is 32.7. The van der Waals surface area contributed by atoms with E-state index in [1.54, 1.807) is 5.38 Å². The minimum absolute atomic E-state index is 0.130. The molecule has 0 N–H and O–H groups in total. The van der Waals surface area contributed by atoms with Gasteiger partial charge in [-0.2, -0.15) is 4.31 Å². The second-order valence-corrected chi connectivity index (χ2v) is 9.00. The Morgan fingerprint density at radius 3 is 2.38 bits per heavy atom. The van der Waals surface area contributed by atoms with E-state index in [0.29, 0.717) is 22.9 Å². The lowest BCUT2D eigenvalue weighted by Crippen LogP contribution is -2.32. The topological polar surface area (TPSA) is 76.6 Å². The van der Waals surface area contributed by atoms with E-state index >= 15 is 0 Å². The van der Waals surface area contributed by atoms with Gasteiger partial charge in [0.1, 0.15) is 5.01 Å². The molecule has 0 aliphatic rings. The zero-order valence-electron chi connectivity index (χ0n) is 15.7. The summed E-state index contributed by atoms with van der Waals surface area (Å²) in [6.45, 7) is 8.02. The van der Waals surface area contributed by atoms with Crippen LogP contribution in [0.5, 0.6) is 0 Å². The van der Waals surface area contributed by atoms with Crippen LogP contribution in [0.3, 0.4) is 0 Å². The van der Waals surface area contributed by atoms with Crippen molar-refractivity contribution in [3.8, 4) is 0 Å². The third kappa shape index (κ3) is 4.31. The summed E-state index contributed by atoms with van der Waals surface area (Å²) in [5, 5.41) is 2.14. The summed E-state index contributed by atoms with van der Waals surface area (Å²) in [4.78, 5) is 16.1. The lowest BCUT2D eigenvalue weighted by molar-refractivity contribution is 0.0594. The number of sulfonamides is 1. The first-order valence-corrected chi connectivity index (χ1v) is 10.6. The SMILES string of the molecule is CCCN(Cc1nc(C(=O)OC)cs1)S(=O)(=O)c1c(C)cc(C)cc1C. The molecule has 6 nitrogen and oxygen atoms in total. The number of rotatable bonds is 7. The number of hydrogen-bond acceptors (Lipinski definition) is 6. The third-order valence-corrected chi connectivity index (χ3v) is 6.92. The average Bonchev–Trinajstić information content (AvgIpc) is 3.01. The summed E-state index contributed by atoms with van der Waals surface area (Å²) in [6.07, 6.45) is 0.679.